The zero-order chi connectivity index (χ0) is 36.6. The zero-order valence-corrected chi connectivity index (χ0v) is 28.9. The number of nitrogens with one attached hydrogen (secondary N) is 2. The molecule has 4 N–H and O–H groups in total. The van der Waals surface area contributed by atoms with E-state index in [9.17, 15) is 20.0 Å². The molecule has 286 valence electrons. The number of aliphatic imine (C=N–C) groups is 2. The predicted octanol–water partition coefficient (Wildman–Crippen LogP) is 1.15. The molecule has 0 aromatic heterocycles. The number of fused-ring (bicyclic) bond motifs is 2. The smallest absolute Gasteiger partial charge is 0.190 e. The third-order valence-electron chi connectivity index (χ3n) is 7.16. The molecule has 0 atom stereocenters. The average Bonchev–Trinajstić information content (AvgIpc) is 3.18. The number of ketones is 2. The van der Waals surface area contributed by atoms with Crippen LogP contribution in [-0.2, 0) is 28.4 Å². The SMILES string of the molecule is O=C(CN=C(NO)C(=NCC(=O)c1ccc2c(c1)OCCOCCOCCOCCO2)NO)c1ccc2c(c1)OCCOCCOCCOCCO2. The fourth-order valence-electron chi connectivity index (χ4n) is 4.56. The van der Waals surface area contributed by atoms with Gasteiger partial charge in [0.2, 0.25) is 0 Å². The fourth-order valence-corrected chi connectivity index (χ4v) is 4.56. The summed E-state index contributed by atoms with van der Waals surface area (Å²) in [5.41, 5.74) is 4.09. The van der Waals surface area contributed by atoms with Crippen LogP contribution >= 0.6 is 0 Å². The topological polar surface area (TPSA) is 216 Å². The molecule has 2 aliphatic heterocycles. The van der Waals surface area contributed by atoms with Crippen molar-refractivity contribution in [1.82, 2.24) is 11.0 Å². The van der Waals surface area contributed by atoms with Crippen molar-refractivity contribution in [3.8, 4) is 23.0 Å². The first-order chi connectivity index (χ1) is 25.6. The van der Waals surface area contributed by atoms with Crippen LogP contribution in [0.5, 0.6) is 23.0 Å². The third kappa shape index (κ3) is 14.3. The van der Waals surface area contributed by atoms with Crippen molar-refractivity contribution in [1.29, 1.82) is 0 Å². The number of rotatable bonds is 6. The number of carbonyl (C=O) groups excluding carboxylic acids is 2. The molecule has 0 spiro atoms. The van der Waals surface area contributed by atoms with E-state index >= 15 is 0 Å². The van der Waals surface area contributed by atoms with E-state index in [1.165, 1.54) is 12.1 Å². The summed E-state index contributed by atoms with van der Waals surface area (Å²) in [6, 6.07) is 9.33. The van der Waals surface area contributed by atoms with Crippen molar-refractivity contribution in [2.45, 2.75) is 0 Å². The minimum absolute atomic E-state index is 0.203. The van der Waals surface area contributed by atoms with Gasteiger partial charge in [-0.2, -0.15) is 0 Å². The molecule has 0 radical (unpaired) electrons. The molecule has 2 heterocycles. The van der Waals surface area contributed by atoms with Crippen molar-refractivity contribution >= 4 is 23.2 Å². The number of hydrogen-bond acceptors (Lipinski definition) is 16. The van der Waals surface area contributed by atoms with E-state index in [4.69, 9.17) is 47.4 Å². The van der Waals surface area contributed by atoms with E-state index < -0.39 is 24.7 Å². The maximum atomic E-state index is 13.1. The van der Waals surface area contributed by atoms with Gasteiger partial charge in [-0.05, 0) is 36.4 Å². The Kier molecular flexibility index (Phi) is 18.6. The molecule has 2 aromatic rings. The molecule has 0 bridgehead atoms. The van der Waals surface area contributed by atoms with Crippen LogP contribution in [0.4, 0.5) is 0 Å². The van der Waals surface area contributed by atoms with Crippen LogP contribution in [0.2, 0.25) is 0 Å². The summed E-state index contributed by atoms with van der Waals surface area (Å²) in [6.45, 7) is 4.64. The maximum Gasteiger partial charge on any atom is 0.190 e. The first-order valence-corrected chi connectivity index (χ1v) is 16.8. The maximum absolute atomic E-state index is 13.1. The summed E-state index contributed by atoms with van der Waals surface area (Å²) in [5, 5.41) is 19.5. The Morgan fingerprint density at radius 3 is 1.06 bits per heavy atom. The van der Waals surface area contributed by atoms with Gasteiger partial charge in [-0.25, -0.2) is 11.0 Å². The summed E-state index contributed by atoms with van der Waals surface area (Å²) in [6.07, 6.45) is 0. The zero-order valence-electron chi connectivity index (χ0n) is 28.9. The number of amidine groups is 2. The highest BCUT2D eigenvalue weighted by Crippen LogP contribution is 2.30. The van der Waals surface area contributed by atoms with Gasteiger partial charge >= 0.3 is 0 Å². The van der Waals surface area contributed by atoms with Gasteiger partial charge in [0, 0.05) is 11.1 Å². The van der Waals surface area contributed by atoms with Crippen LogP contribution in [-0.4, -0.2) is 152 Å². The van der Waals surface area contributed by atoms with Crippen LogP contribution in [0.3, 0.4) is 0 Å². The van der Waals surface area contributed by atoms with Gasteiger partial charge in [0.05, 0.1) is 79.3 Å². The van der Waals surface area contributed by atoms with E-state index in [2.05, 4.69) is 9.98 Å². The minimum atomic E-state index is -0.460. The second kappa shape index (κ2) is 24.0. The third-order valence-corrected chi connectivity index (χ3v) is 7.16. The molecule has 18 heteroatoms. The Bertz CT molecular complexity index is 1350. The predicted molar refractivity (Wildman–Crippen MR) is 183 cm³/mol. The van der Waals surface area contributed by atoms with Crippen LogP contribution in [0.1, 0.15) is 20.7 Å². The molecule has 4 rings (SSSR count). The average molecular weight is 735 g/mol. The van der Waals surface area contributed by atoms with Gasteiger partial charge in [0.25, 0.3) is 0 Å². The van der Waals surface area contributed by atoms with Crippen molar-refractivity contribution in [3.05, 3.63) is 47.5 Å². The molecule has 0 amide bonds. The molecule has 18 nitrogen and oxygen atoms in total. The Labute approximate surface area is 300 Å². The largest absolute Gasteiger partial charge is 0.487 e. The van der Waals surface area contributed by atoms with Crippen molar-refractivity contribution in [3.63, 3.8) is 0 Å². The highest BCUT2D eigenvalue weighted by atomic mass is 16.6. The van der Waals surface area contributed by atoms with E-state index in [1.807, 2.05) is 0 Å². The molecule has 2 aliphatic rings. The quantitative estimate of drug-likeness (QED) is 0.142. The number of carbonyl (C=O) groups is 2. The summed E-state index contributed by atoms with van der Waals surface area (Å²) < 4.78 is 56.0. The molecule has 0 unspecified atom stereocenters. The Balaban J connectivity index is 1.39. The lowest BCUT2D eigenvalue weighted by atomic mass is 10.1. The van der Waals surface area contributed by atoms with E-state index in [1.54, 1.807) is 35.2 Å². The normalized spacial score (nSPS) is 18.0. The molecule has 0 fully saturated rings. The van der Waals surface area contributed by atoms with Crippen molar-refractivity contribution in [2.24, 2.45) is 9.98 Å². The summed E-state index contributed by atoms with van der Waals surface area (Å²) in [4.78, 5) is 34.3. The Hall–Kier alpha value is -4.40. The summed E-state index contributed by atoms with van der Waals surface area (Å²) in [5.74, 6) is -0.200. The van der Waals surface area contributed by atoms with Gasteiger partial charge in [-0.1, -0.05) is 0 Å². The number of hydrogen-bond donors (Lipinski definition) is 4. The first-order valence-electron chi connectivity index (χ1n) is 16.8. The van der Waals surface area contributed by atoms with Gasteiger partial charge in [-0.3, -0.25) is 30.0 Å². The number of ether oxygens (including phenoxy) is 10. The second-order valence-corrected chi connectivity index (χ2v) is 10.8. The van der Waals surface area contributed by atoms with Gasteiger partial charge in [-0.15, -0.1) is 0 Å². The lowest BCUT2D eigenvalue weighted by Crippen LogP contribution is -2.38. The molecular formula is C34H46N4O14. The molecule has 2 aromatic carbocycles. The van der Waals surface area contributed by atoms with Crippen LogP contribution in [0.15, 0.2) is 46.4 Å². The summed E-state index contributed by atoms with van der Waals surface area (Å²) in [7, 11) is 0. The Morgan fingerprint density at radius 2 is 0.750 bits per heavy atom. The molecule has 0 aliphatic carbocycles. The number of benzene rings is 2. The molecular weight excluding hydrogens is 688 g/mol. The van der Waals surface area contributed by atoms with Gasteiger partial charge in [0.1, 0.15) is 39.5 Å². The van der Waals surface area contributed by atoms with E-state index in [-0.39, 0.29) is 49.2 Å². The second-order valence-electron chi connectivity index (χ2n) is 10.8. The minimum Gasteiger partial charge on any atom is -0.487 e. The van der Waals surface area contributed by atoms with Crippen molar-refractivity contribution < 1.29 is 67.4 Å². The fraction of sp³-hybridized carbons (Fsp3) is 0.529. The van der Waals surface area contributed by atoms with E-state index in [0.29, 0.717) is 102 Å². The van der Waals surface area contributed by atoms with Gasteiger partial charge < -0.3 is 47.4 Å². The first kappa shape index (κ1) is 40.4. The van der Waals surface area contributed by atoms with Crippen molar-refractivity contribution in [2.75, 3.05) is 119 Å². The number of Topliss-reactive ketones (excluding diaryl/α,β-unsaturated/α-hetero) is 2. The molecule has 0 saturated heterocycles. The molecule has 52 heavy (non-hydrogen) atoms. The highest BCUT2D eigenvalue weighted by Gasteiger charge is 2.17. The lowest BCUT2D eigenvalue weighted by Gasteiger charge is -2.14. The number of nitrogens with zero attached hydrogens (tertiary/aromatic N) is 2. The monoisotopic (exact) mass is 734 g/mol. The number of hydroxylamine groups is 2. The van der Waals surface area contributed by atoms with E-state index in [0.717, 1.165) is 0 Å². The Morgan fingerprint density at radius 1 is 0.462 bits per heavy atom. The molecule has 0 saturated carbocycles. The standard InChI is InChI=1S/C34H46N4O14/c39-27(25-1-3-29-31(21-25)51-19-15-47-11-7-43-5-9-45-13-17-49-29)23-35-33(37-41)34(38-42)36-24-28(40)26-2-4-30-32(22-26)52-20-16-48-12-8-44-6-10-46-14-18-50-30/h1-4,21-22,41-42H,5-20,23-24H2,(H,35,37)(H,36,38). The van der Waals surface area contributed by atoms with Crippen LogP contribution in [0, 0.1) is 0 Å². The van der Waals surface area contributed by atoms with Crippen LogP contribution in [0.25, 0.3) is 0 Å². The summed E-state index contributed by atoms with van der Waals surface area (Å²) >= 11 is 0. The highest BCUT2D eigenvalue weighted by molar-refractivity contribution is 6.40. The van der Waals surface area contributed by atoms with Gasteiger partial charge in [0.15, 0.2) is 46.2 Å². The lowest BCUT2D eigenvalue weighted by molar-refractivity contribution is 0.00708. The van der Waals surface area contributed by atoms with Crippen LogP contribution < -0.4 is 29.9 Å².